The van der Waals surface area contributed by atoms with Gasteiger partial charge < -0.3 is 9.47 Å². The number of aromatic nitrogens is 1. The molecule has 5 heteroatoms. The van der Waals surface area contributed by atoms with Crippen molar-refractivity contribution in [3.63, 3.8) is 0 Å². The Balaban J connectivity index is 2.97. The Hall–Kier alpha value is -1.91. The van der Waals surface area contributed by atoms with E-state index in [-0.39, 0.29) is 13.2 Å². The minimum atomic E-state index is -0.410. The summed E-state index contributed by atoms with van der Waals surface area (Å²) in [6.45, 7) is 9.95. The Bertz CT molecular complexity index is 598. The summed E-state index contributed by atoms with van der Waals surface area (Å²) in [6, 6.07) is 0. The largest absolute Gasteiger partial charge is 0.462 e. The van der Waals surface area contributed by atoms with Crippen LogP contribution in [0.15, 0.2) is 0 Å². The predicted molar refractivity (Wildman–Crippen MR) is 112 cm³/mol. The molecule has 0 fully saturated rings. The molecule has 0 aliphatic heterocycles. The molecular weight excluding hydrogens is 354 g/mol. The zero-order valence-electron chi connectivity index (χ0n) is 18.4. The first kappa shape index (κ1) is 24.1. The highest BCUT2D eigenvalue weighted by molar-refractivity contribution is 5.99. The minimum Gasteiger partial charge on any atom is -0.462 e. The number of unbranched alkanes of at least 4 members (excludes halogenated alkanes) is 7. The second-order valence-electron chi connectivity index (χ2n) is 7.18. The summed E-state index contributed by atoms with van der Waals surface area (Å²) < 4.78 is 10.5. The number of nitrogens with zero attached hydrogens (tertiary/aromatic N) is 1. The Kier molecular flexibility index (Phi) is 11.5. The van der Waals surface area contributed by atoms with Gasteiger partial charge >= 0.3 is 11.9 Å². The molecular formula is C23H37NO4. The van der Waals surface area contributed by atoms with E-state index in [2.05, 4.69) is 11.9 Å². The number of aryl methyl sites for hydroxylation is 2. The number of esters is 2. The number of ether oxygens (including phenoxy) is 2. The van der Waals surface area contributed by atoms with Crippen molar-refractivity contribution in [3.05, 3.63) is 28.1 Å². The highest BCUT2D eigenvalue weighted by Gasteiger charge is 2.26. The third-order valence-electron chi connectivity index (χ3n) is 4.90. The molecule has 1 heterocycles. The maximum atomic E-state index is 12.6. The predicted octanol–water partition coefficient (Wildman–Crippen LogP) is 5.74. The zero-order chi connectivity index (χ0) is 20.9. The highest BCUT2D eigenvalue weighted by Crippen LogP contribution is 2.25. The van der Waals surface area contributed by atoms with Gasteiger partial charge in [0.05, 0.1) is 35.7 Å². The molecule has 0 N–H and O–H groups in total. The molecule has 0 unspecified atom stereocenters. The van der Waals surface area contributed by atoms with Crippen LogP contribution in [0.25, 0.3) is 0 Å². The van der Waals surface area contributed by atoms with Crippen LogP contribution in [0.4, 0.5) is 0 Å². The van der Waals surface area contributed by atoms with Crippen LogP contribution in [0.2, 0.25) is 0 Å². The Labute approximate surface area is 170 Å². The second-order valence-corrected chi connectivity index (χ2v) is 7.18. The fourth-order valence-electron chi connectivity index (χ4n) is 3.56. The van der Waals surface area contributed by atoms with Gasteiger partial charge in [-0.25, -0.2) is 9.59 Å². The van der Waals surface area contributed by atoms with Crippen LogP contribution < -0.4 is 0 Å². The number of hydrogen-bond donors (Lipinski definition) is 0. The van der Waals surface area contributed by atoms with Crippen LogP contribution in [-0.2, 0) is 15.9 Å². The Morgan fingerprint density at radius 2 is 1.14 bits per heavy atom. The van der Waals surface area contributed by atoms with Gasteiger partial charge in [-0.05, 0) is 46.1 Å². The molecule has 0 aliphatic carbocycles. The van der Waals surface area contributed by atoms with E-state index in [4.69, 9.17) is 9.47 Å². The summed E-state index contributed by atoms with van der Waals surface area (Å²) in [5, 5.41) is 0. The van der Waals surface area contributed by atoms with Crippen LogP contribution in [0.1, 0.15) is 110 Å². The third kappa shape index (κ3) is 7.25. The molecule has 0 radical (unpaired) electrons. The molecule has 5 nitrogen and oxygen atoms in total. The SMILES string of the molecule is CCCCCCCCCCc1c(C(=O)OCC)c(C)nc(C)c1C(=O)OCC. The van der Waals surface area contributed by atoms with Crippen molar-refractivity contribution < 1.29 is 19.1 Å². The van der Waals surface area contributed by atoms with Crippen molar-refractivity contribution in [1.29, 1.82) is 0 Å². The average molecular weight is 392 g/mol. The van der Waals surface area contributed by atoms with E-state index in [1.165, 1.54) is 38.5 Å². The minimum absolute atomic E-state index is 0.290. The lowest BCUT2D eigenvalue weighted by Gasteiger charge is -2.17. The molecule has 158 valence electrons. The normalized spacial score (nSPS) is 10.8. The molecule has 1 aromatic heterocycles. The fraction of sp³-hybridized carbons (Fsp3) is 0.696. The van der Waals surface area contributed by atoms with Crippen LogP contribution in [-0.4, -0.2) is 30.1 Å². The molecule has 0 atom stereocenters. The summed E-state index contributed by atoms with van der Waals surface area (Å²) >= 11 is 0. The lowest BCUT2D eigenvalue weighted by Crippen LogP contribution is -2.19. The van der Waals surface area contributed by atoms with Gasteiger partial charge in [0.25, 0.3) is 0 Å². The van der Waals surface area contributed by atoms with Crippen molar-refractivity contribution in [2.45, 2.75) is 92.4 Å². The lowest BCUT2D eigenvalue weighted by molar-refractivity contribution is 0.0520. The zero-order valence-corrected chi connectivity index (χ0v) is 18.4. The maximum Gasteiger partial charge on any atom is 0.340 e. The fourth-order valence-corrected chi connectivity index (χ4v) is 3.56. The van der Waals surface area contributed by atoms with Gasteiger partial charge in [0.2, 0.25) is 0 Å². The first-order chi connectivity index (χ1) is 13.5. The van der Waals surface area contributed by atoms with Gasteiger partial charge in [0, 0.05) is 0 Å². The summed E-state index contributed by atoms with van der Waals surface area (Å²) in [6.07, 6.45) is 10.2. The topological polar surface area (TPSA) is 65.5 Å². The number of hydrogen-bond acceptors (Lipinski definition) is 5. The first-order valence-electron chi connectivity index (χ1n) is 10.8. The molecule has 0 saturated heterocycles. The van der Waals surface area contributed by atoms with E-state index in [0.29, 0.717) is 28.9 Å². The molecule has 28 heavy (non-hydrogen) atoms. The van der Waals surface area contributed by atoms with Crippen molar-refractivity contribution in [3.8, 4) is 0 Å². The summed E-state index contributed by atoms with van der Waals surface area (Å²) in [5.41, 5.74) is 2.81. The number of rotatable bonds is 13. The van der Waals surface area contributed by atoms with Crippen LogP contribution >= 0.6 is 0 Å². The molecule has 1 aromatic rings. The van der Waals surface area contributed by atoms with Gasteiger partial charge in [-0.2, -0.15) is 0 Å². The van der Waals surface area contributed by atoms with Gasteiger partial charge in [0.1, 0.15) is 0 Å². The van der Waals surface area contributed by atoms with Crippen LogP contribution in [0, 0.1) is 13.8 Å². The van der Waals surface area contributed by atoms with E-state index in [9.17, 15) is 9.59 Å². The molecule has 0 spiro atoms. The standard InChI is InChI=1S/C23H37NO4/c1-6-9-10-11-12-13-14-15-16-19-20(22(25)27-7-2)17(4)24-18(5)21(19)23(26)28-8-3/h6-16H2,1-5H3. The van der Waals surface area contributed by atoms with Crippen molar-refractivity contribution in [2.75, 3.05) is 13.2 Å². The van der Waals surface area contributed by atoms with Gasteiger partial charge in [-0.3, -0.25) is 4.98 Å². The Morgan fingerprint density at radius 3 is 1.57 bits per heavy atom. The first-order valence-corrected chi connectivity index (χ1v) is 10.8. The van der Waals surface area contributed by atoms with E-state index in [1.807, 2.05) is 0 Å². The van der Waals surface area contributed by atoms with Gasteiger partial charge in [0.15, 0.2) is 0 Å². The van der Waals surface area contributed by atoms with Crippen LogP contribution in [0.5, 0.6) is 0 Å². The smallest absolute Gasteiger partial charge is 0.340 e. The molecule has 0 bridgehead atoms. The van der Waals surface area contributed by atoms with Crippen molar-refractivity contribution in [1.82, 2.24) is 4.98 Å². The summed E-state index contributed by atoms with van der Waals surface area (Å²) in [7, 11) is 0. The lowest BCUT2D eigenvalue weighted by atomic mass is 9.93. The number of pyridine rings is 1. The highest BCUT2D eigenvalue weighted by atomic mass is 16.5. The molecule has 0 aromatic carbocycles. The van der Waals surface area contributed by atoms with E-state index in [0.717, 1.165) is 18.4 Å². The third-order valence-corrected chi connectivity index (χ3v) is 4.90. The second kappa shape index (κ2) is 13.3. The number of carbonyl (C=O) groups is 2. The van der Waals surface area contributed by atoms with Gasteiger partial charge in [-0.15, -0.1) is 0 Å². The summed E-state index contributed by atoms with van der Waals surface area (Å²) in [4.78, 5) is 29.5. The molecule has 0 saturated carbocycles. The quantitative estimate of drug-likeness (QED) is 0.317. The van der Waals surface area contributed by atoms with E-state index < -0.39 is 11.9 Å². The Morgan fingerprint density at radius 1 is 0.714 bits per heavy atom. The van der Waals surface area contributed by atoms with E-state index in [1.54, 1.807) is 27.7 Å². The molecule has 1 rings (SSSR count). The monoisotopic (exact) mass is 391 g/mol. The van der Waals surface area contributed by atoms with Crippen molar-refractivity contribution in [2.24, 2.45) is 0 Å². The number of carbonyl (C=O) groups excluding carboxylic acids is 2. The maximum absolute atomic E-state index is 12.6. The van der Waals surface area contributed by atoms with E-state index >= 15 is 0 Å². The average Bonchev–Trinajstić information content (AvgIpc) is 2.63. The molecule has 0 amide bonds. The summed E-state index contributed by atoms with van der Waals surface area (Å²) in [5.74, 6) is -0.819. The van der Waals surface area contributed by atoms with Crippen molar-refractivity contribution >= 4 is 11.9 Å². The van der Waals surface area contributed by atoms with Crippen LogP contribution in [0.3, 0.4) is 0 Å². The van der Waals surface area contributed by atoms with Gasteiger partial charge in [-0.1, -0.05) is 51.9 Å². The molecule has 0 aliphatic rings.